The molecule has 4 aliphatic heterocycles. The first kappa shape index (κ1) is 25.9. The molecule has 2 aromatic carbocycles. The summed E-state index contributed by atoms with van der Waals surface area (Å²) in [5, 5.41) is 14.6. The molecule has 0 amide bonds. The fourth-order valence-corrected chi connectivity index (χ4v) is 8.14. The maximum atomic E-state index is 16.7. The molecule has 4 fully saturated rings. The van der Waals surface area contributed by atoms with E-state index < -0.39 is 0 Å². The van der Waals surface area contributed by atoms with E-state index in [0.717, 1.165) is 85.1 Å². The molecule has 2 atom stereocenters. The number of fused-ring (bicyclic) bond motifs is 5. The van der Waals surface area contributed by atoms with Gasteiger partial charge in [-0.05, 0) is 75.7 Å². The van der Waals surface area contributed by atoms with Crippen molar-refractivity contribution in [3.8, 4) is 23.2 Å². The third kappa shape index (κ3) is 4.23. The van der Waals surface area contributed by atoms with Crippen molar-refractivity contribution in [1.29, 1.82) is 5.26 Å². The van der Waals surface area contributed by atoms with Gasteiger partial charge >= 0.3 is 6.01 Å². The summed E-state index contributed by atoms with van der Waals surface area (Å²) >= 11 is 0. The summed E-state index contributed by atoms with van der Waals surface area (Å²) in [6.45, 7) is 4.46. The van der Waals surface area contributed by atoms with E-state index >= 15 is 4.39 Å². The monoisotopic (exact) mass is 565 g/mol. The second-order valence-electron chi connectivity index (χ2n) is 12.6. The van der Waals surface area contributed by atoms with Gasteiger partial charge in [-0.1, -0.05) is 18.2 Å². The van der Waals surface area contributed by atoms with E-state index in [1.165, 1.54) is 12.8 Å². The molecule has 4 saturated heterocycles. The van der Waals surface area contributed by atoms with Gasteiger partial charge in [-0.15, -0.1) is 0 Å². The summed E-state index contributed by atoms with van der Waals surface area (Å²) in [6.07, 6.45) is 9.83. The largest absolute Gasteiger partial charge is 0.461 e. The van der Waals surface area contributed by atoms with Gasteiger partial charge in [0.2, 0.25) is 0 Å². The van der Waals surface area contributed by atoms with Crippen molar-refractivity contribution < 1.29 is 9.13 Å². The zero-order valence-electron chi connectivity index (χ0n) is 23.8. The second-order valence-corrected chi connectivity index (χ2v) is 12.6. The number of ether oxygens (including phenoxy) is 1. The Morgan fingerprint density at radius 1 is 1.05 bits per heavy atom. The molecule has 4 aromatic rings. The fourth-order valence-electron chi connectivity index (χ4n) is 8.14. The lowest BCUT2D eigenvalue weighted by Crippen LogP contribution is -2.51. The topological polar surface area (TPSA) is 93.1 Å². The zero-order valence-corrected chi connectivity index (χ0v) is 23.8. The van der Waals surface area contributed by atoms with Crippen LogP contribution < -0.4 is 15.0 Å². The van der Waals surface area contributed by atoms with Crippen LogP contribution in [0.4, 0.5) is 10.2 Å². The summed E-state index contributed by atoms with van der Waals surface area (Å²) in [6, 6.07) is 13.2. The Morgan fingerprint density at radius 3 is 2.64 bits per heavy atom. The van der Waals surface area contributed by atoms with E-state index in [4.69, 9.17) is 14.7 Å². The average molecular weight is 566 g/mol. The Morgan fingerprint density at radius 2 is 1.86 bits per heavy atom. The number of aromatic nitrogens is 3. The molecule has 0 radical (unpaired) electrons. The third-order valence-corrected chi connectivity index (χ3v) is 10.2. The summed E-state index contributed by atoms with van der Waals surface area (Å²) in [5.74, 6) is 0.399. The highest BCUT2D eigenvalue weighted by molar-refractivity contribution is 6.01. The molecule has 0 spiro atoms. The first-order chi connectivity index (χ1) is 20.6. The van der Waals surface area contributed by atoms with Gasteiger partial charge in [0.15, 0.2) is 5.82 Å². The summed E-state index contributed by atoms with van der Waals surface area (Å²) < 4.78 is 23.2. The van der Waals surface area contributed by atoms with Crippen LogP contribution in [-0.4, -0.2) is 70.3 Å². The number of halogens is 1. The molecular formula is C33H36FN7O. The van der Waals surface area contributed by atoms with Gasteiger partial charge < -0.3 is 19.9 Å². The number of hydrogen-bond donors (Lipinski definition) is 2. The van der Waals surface area contributed by atoms with E-state index in [1.807, 2.05) is 36.5 Å². The van der Waals surface area contributed by atoms with Gasteiger partial charge in [-0.25, -0.2) is 4.39 Å². The SMILES string of the molecule is N#CCCc1cccc2[nH]cc(-c3ccc4c(N5CC6CCC(C5)N6)nc(OCC56CCCN5CCC6)nc4c3F)c12. The molecule has 8 rings (SSSR count). The number of nitriles is 1. The Kier molecular flexibility index (Phi) is 6.31. The normalized spacial score (nSPS) is 23.1. The van der Waals surface area contributed by atoms with E-state index in [1.54, 1.807) is 0 Å². The predicted molar refractivity (Wildman–Crippen MR) is 161 cm³/mol. The smallest absolute Gasteiger partial charge is 0.319 e. The molecular weight excluding hydrogens is 529 g/mol. The van der Waals surface area contributed by atoms with Crippen molar-refractivity contribution >= 4 is 27.6 Å². The number of aromatic amines is 1. The van der Waals surface area contributed by atoms with Crippen molar-refractivity contribution in [2.24, 2.45) is 0 Å². The van der Waals surface area contributed by atoms with E-state index in [-0.39, 0.29) is 17.4 Å². The maximum absolute atomic E-state index is 16.7. The average Bonchev–Trinajstić information content (AvgIpc) is 3.78. The van der Waals surface area contributed by atoms with Crippen LogP contribution in [0.15, 0.2) is 36.5 Å². The molecule has 216 valence electrons. The van der Waals surface area contributed by atoms with Crippen molar-refractivity contribution in [2.75, 3.05) is 37.7 Å². The number of hydrogen-bond acceptors (Lipinski definition) is 7. The minimum atomic E-state index is -0.364. The number of piperazine rings is 1. The molecule has 0 aliphatic carbocycles. The Hall–Kier alpha value is -3.74. The number of aryl methyl sites for hydroxylation is 1. The minimum Gasteiger partial charge on any atom is -0.461 e. The van der Waals surface area contributed by atoms with E-state index in [9.17, 15) is 5.26 Å². The quantitative estimate of drug-likeness (QED) is 0.313. The van der Waals surface area contributed by atoms with E-state index in [0.29, 0.717) is 42.6 Å². The lowest BCUT2D eigenvalue weighted by molar-refractivity contribution is 0.108. The highest BCUT2D eigenvalue weighted by Crippen LogP contribution is 2.41. The van der Waals surface area contributed by atoms with Crippen LogP contribution in [0.3, 0.4) is 0 Å². The molecule has 42 heavy (non-hydrogen) atoms. The van der Waals surface area contributed by atoms with Gasteiger partial charge in [0, 0.05) is 65.2 Å². The van der Waals surface area contributed by atoms with Crippen LogP contribution in [0.1, 0.15) is 50.5 Å². The summed E-state index contributed by atoms with van der Waals surface area (Å²) in [5.41, 5.74) is 3.59. The molecule has 2 unspecified atom stereocenters. The van der Waals surface area contributed by atoms with Crippen molar-refractivity contribution in [1.82, 2.24) is 25.2 Å². The van der Waals surface area contributed by atoms with Crippen molar-refractivity contribution in [3.05, 3.63) is 47.9 Å². The summed E-state index contributed by atoms with van der Waals surface area (Å²) in [7, 11) is 0. The number of rotatable bonds is 7. The van der Waals surface area contributed by atoms with Gasteiger partial charge in [-0.3, -0.25) is 4.90 Å². The van der Waals surface area contributed by atoms with Crippen LogP contribution in [0.2, 0.25) is 0 Å². The summed E-state index contributed by atoms with van der Waals surface area (Å²) in [4.78, 5) is 17.9. The lowest BCUT2D eigenvalue weighted by atomic mass is 9.95. The molecule has 9 heteroatoms. The van der Waals surface area contributed by atoms with Gasteiger partial charge in [0.25, 0.3) is 0 Å². The molecule has 6 heterocycles. The van der Waals surface area contributed by atoms with Crippen molar-refractivity contribution in [3.63, 3.8) is 0 Å². The van der Waals surface area contributed by atoms with Gasteiger partial charge in [0.1, 0.15) is 17.9 Å². The number of anilines is 1. The Bertz CT molecular complexity index is 1690. The Balaban J connectivity index is 1.23. The van der Waals surface area contributed by atoms with E-state index in [2.05, 4.69) is 26.2 Å². The highest BCUT2D eigenvalue weighted by atomic mass is 19.1. The second kappa shape index (κ2) is 10.2. The molecule has 2 bridgehead atoms. The maximum Gasteiger partial charge on any atom is 0.319 e. The molecule has 4 aliphatic rings. The lowest BCUT2D eigenvalue weighted by Gasteiger charge is -2.34. The Labute approximate surface area is 244 Å². The number of nitrogens with one attached hydrogen (secondary N) is 2. The first-order valence-corrected chi connectivity index (χ1v) is 15.5. The highest BCUT2D eigenvalue weighted by Gasteiger charge is 2.45. The number of benzene rings is 2. The van der Waals surface area contributed by atoms with Crippen LogP contribution >= 0.6 is 0 Å². The molecule has 0 saturated carbocycles. The number of nitrogens with zero attached hydrogens (tertiary/aromatic N) is 5. The van der Waals surface area contributed by atoms with Gasteiger partial charge in [-0.2, -0.15) is 15.2 Å². The third-order valence-electron chi connectivity index (χ3n) is 10.2. The standard InChI is InChI=1S/C33H36FN7O/c34-29-24(26-17-36-27-7-1-5-21(28(26)27)6-2-14-35)10-11-25-30(29)38-32(42-20-33-12-3-15-41(33)16-4-13-33)39-31(25)40-18-22-8-9-23(19-40)37-22/h1,5,7,10-11,17,22-23,36-37H,2-4,6,8-9,12-13,15-16,18-20H2. The van der Waals surface area contributed by atoms with Crippen LogP contribution in [0.5, 0.6) is 6.01 Å². The van der Waals surface area contributed by atoms with Crippen LogP contribution in [0.25, 0.3) is 32.9 Å². The fraction of sp³-hybridized carbons (Fsp3) is 0.485. The minimum absolute atomic E-state index is 0.0525. The van der Waals surface area contributed by atoms with Gasteiger partial charge in [0.05, 0.1) is 11.6 Å². The zero-order chi connectivity index (χ0) is 28.3. The van der Waals surface area contributed by atoms with Crippen molar-refractivity contribution in [2.45, 2.75) is 69.0 Å². The first-order valence-electron chi connectivity index (χ1n) is 15.5. The van der Waals surface area contributed by atoms with Crippen LogP contribution in [0, 0.1) is 17.1 Å². The number of H-pyrrole nitrogens is 1. The molecule has 8 nitrogen and oxygen atoms in total. The molecule has 2 aromatic heterocycles. The predicted octanol–water partition coefficient (Wildman–Crippen LogP) is 5.32. The van der Waals surface area contributed by atoms with Crippen LogP contribution in [-0.2, 0) is 6.42 Å². The molecule has 2 N–H and O–H groups in total.